The number of nitrogens with one attached hydrogen (secondary N) is 1. The third kappa shape index (κ3) is 3.66. The fourth-order valence-electron chi connectivity index (χ4n) is 2.42. The lowest BCUT2D eigenvalue weighted by Gasteiger charge is -2.26. The first kappa shape index (κ1) is 17.7. The monoisotopic (exact) mass is 345 g/mol. The molecule has 1 aromatic rings. The molecular formula is C16H15N3O6. The molecule has 9 nitrogen and oxygen atoms in total. The van der Waals surface area contributed by atoms with E-state index in [-0.39, 0.29) is 34.8 Å². The van der Waals surface area contributed by atoms with Crippen LogP contribution in [0.1, 0.15) is 11.5 Å². The number of carboxylic acids is 1. The van der Waals surface area contributed by atoms with Gasteiger partial charge in [0.2, 0.25) is 0 Å². The van der Waals surface area contributed by atoms with Gasteiger partial charge < -0.3 is 20.9 Å². The predicted octanol–water partition coefficient (Wildman–Crippen LogP) is 1.15. The number of carbonyl (C=O) groups excluding carboxylic acids is 1. The molecule has 1 aliphatic heterocycles. The number of carbonyl (C=O) groups is 2. The third-order valence-corrected chi connectivity index (χ3v) is 3.49. The Morgan fingerprint density at radius 3 is 2.80 bits per heavy atom. The summed E-state index contributed by atoms with van der Waals surface area (Å²) in [4.78, 5) is 34.3. The number of nitro groups is 1. The lowest BCUT2D eigenvalue weighted by molar-refractivity contribution is -0.384. The molecule has 9 heteroatoms. The normalized spacial score (nSPS) is 16.5. The Labute approximate surface area is 142 Å². The summed E-state index contributed by atoms with van der Waals surface area (Å²) < 4.78 is 4.97. The number of nitro benzene ring substituents is 1. The van der Waals surface area contributed by atoms with Gasteiger partial charge in [-0.25, -0.2) is 9.59 Å². The molecule has 1 aliphatic rings. The minimum atomic E-state index is -1.30. The van der Waals surface area contributed by atoms with Gasteiger partial charge in [-0.1, -0.05) is 24.8 Å². The first-order valence-electron chi connectivity index (χ1n) is 7.08. The quantitative estimate of drug-likeness (QED) is 0.301. The van der Waals surface area contributed by atoms with Crippen LogP contribution in [0.3, 0.4) is 0 Å². The second-order valence-electron chi connectivity index (χ2n) is 5.05. The molecule has 0 spiro atoms. The van der Waals surface area contributed by atoms with Gasteiger partial charge in [0.15, 0.2) is 0 Å². The van der Waals surface area contributed by atoms with Crippen molar-refractivity contribution in [2.75, 3.05) is 6.61 Å². The number of dihydropyridines is 1. The highest BCUT2D eigenvalue weighted by Gasteiger charge is 2.36. The number of carboxylic acid groups (broad SMARTS) is 1. The van der Waals surface area contributed by atoms with Crippen LogP contribution in [0.4, 0.5) is 5.69 Å². The van der Waals surface area contributed by atoms with Gasteiger partial charge >= 0.3 is 11.9 Å². The van der Waals surface area contributed by atoms with Crippen LogP contribution in [0.2, 0.25) is 0 Å². The van der Waals surface area contributed by atoms with E-state index in [0.717, 1.165) is 6.20 Å². The minimum absolute atomic E-state index is 0.0874. The second-order valence-corrected chi connectivity index (χ2v) is 5.05. The summed E-state index contributed by atoms with van der Waals surface area (Å²) in [5.74, 6) is -3.34. The molecular weight excluding hydrogens is 330 g/mol. The zero-order valence-corrected chi connectivity index (χ0v) is 13.0. The molecule has 4 N–H and O–H groups in total. The molecule has 0 aliphatic carbocycles. The van der Waals surface area contributed by atoms with E-state index in [9.17, 15) is 24.8 Å². The maximum atomic E-state index is 12.3. The molecule has 1 unspecified atom stereocenters. The van der Waals surface area contributed by atoms with Crippen LogP contribution in [-0.2, 0) is 14.3 Å². The van der Waals surface area contributed by atoms with Crippen molar-refractivity contribution in [3.05, 3.63) is 75.8 Å². The molecule has 1 heterocycles. The number of rotatable bonds is 6. The lowest BCUT2D eigenvalue weighted by atomic mass is 9.83. The summed E-state index contributed by atoms with van der Waals surface area (Å²) in [6.07, 6.45) is 2.49. The van der Waals surface area contributed by atoms with Gasteiger partial charge in [0, 0.05) is 18.3 Å². The van der Waals surface area contributed by atoms with Crippen LogP contribution in [0, 0.1) is 10.1 Å². The number of esters is 1. The highest BCUT2D eigenvalue weighted by atomic mass is 16.6. The summed E-state index contributed by atoms with van der Waals surface area (Å²) in [5, 5.41) is 22.9. The lowest BCUT2D eigenvalue weighted by Crippen LogP contribution is -2.33. The van der Waals surface area contributed by atoms with Crippen molar-refractivity contribution < 1.29 is 24.4 Å². The Balaban J connectivity index is 2.57. The van der Waals surface area contributed by atoms with Crippen LogP contribution in [0.15, 0.2) is 60.1 Å². The van der Waals surface area contributed by atoms with Gasteiger partial charge in [-0.15, -0.1) is 0 Å². The van der Waals surface area contributed by atoms with Crippen molar-refractivity contribution in [1.29, 1.82) is 0 Å². The van der Waals surface area contributed by atoms with Crippen LogP contribution in [0.5, 0.6) is 0 Å². The molecule has 0 fully saturated rings. The Kier molecular flexibility index (Phi) is 5.18. The Hall–Kier alpha value is -3.62. The summed E-state index contributed by atoms with van der Waals surface area (Å²) in [7, 11) is 0. The second kappa shape index (κ2) is 7.30. The Morgan fingerprint density at radius 2 is 2.20 bits per heavy atom. The van der Waals surface area contributed by atoms with Gasteiger partial charge in [0.25, 0.3) is 5.69 Å². The van der Waals surface area contributed by atoms with E-state index in [0.29, 0.717) is 0 Å². The SMILES string of the molecule is C=CCOC(=O)C1=C(N)NC=C(C(=O)O)C1c1cccc([N+](=O)[O-])c1. The molecule has 25 heavy (non-hydrogen) atoms. The molecule has 0 bridgehead atoms. The maximum absolute atomic E-state index is 12.3. The summed E-state index contributed by atoms with van der Waals surface area (Å²) in [5.41, 5.74) is 5.48. The molecule has 0 saturated carbocycles. The number of ether oxygens (including phenoxy) is 1. The molecule has 0 aromatic heterocycles. The first-order valence-corrected chi connectivity index (χ1v) is 7.08. The number of aliphatic carboxylic acids is 1. The smallest absolute Gasteiger partial charge is 0.338 e. The molecule has 2 rings (SSSR count). The van der Waals surface area contributed by atoms with Crippen LogP contribution < -0.4 is 11.1 Å². The number of hydrogen-bond acceptors (Lipinski definition) is 7. The van der Waals surface area contributed by atoms with Crippen molar-refractivity contribution in [3.63, 3.8) is 0 Å². The number of nitrogens with two attached hydrogens (primary N) is 1. The first-order chi connectivity index (χ1) is 11.9. The average molecular weight is 345 g/mol. The van der Waals surface area contributed by atoms with Crippen LogP contribution in [0.25, 0.3) is 0 Å². The molecule has 130 valence electrons. The van der Waals surface area contributed by atoms with Crippen molar-refractivity contribution in [2.45, 2.75) is 5.92 Å². The number of benzene rings is 1. The highest BCUT2D eigenvalue weighted by molar-refractivity contribution is 5.98. The fourth-order valence-corrected chi connectivity index (χ4v) is 2.42. The molecule has 1 aromatic carbocycles. The Bertz CT molecular complexity index is 812. The minimum Gasteiger partial charge on any atom is -0.478 e. The van der Waals surface area contributed by atoms with E-state index in [1.807, 2.05) is 0 Å². The topological polar surface area (TPSA) is 145 Å². The van der Waals surface area contributed by atoms with E-state index >= 15 is 0 Å². The van der Waals surface area contributed by atoms with E-state index in [1.165, 1.54) is 30.3 Å². The Morgan fingerprint density at radius 1 is 1.48 bits per heavy atom. The van der Waals surface area contributed by atoms with Gasteiger partial charge in [0.05, 0.1) is 22.0 Å². The fraction of sp³-hybridized carbons (Fsp3) is 0.125. The number of non-ortho nitro benzene ring substituents is 1. The maximum Gasteiger partial charge on any atom is 0.338 e. The van der Waals surface area contributed by atoms with Crippen LogP contribution in [-0.4, -0.2) is 28.6 Å². The molecule has 1 atom stereocenters. The summed E-state index contributed by atoms with van der Waals surface area (Å²) >= 11 is 0. The van der Waals surface area contributed by atoms with E-state index in [1.54, 1.807) is 0 Å². The van der Waals surface area contributed by atoms with E-state index in [2.05, 4.69) is 11.9 Å². The largest absolute Gasteiger partial charge is 0.478 e. The predicted molar refractivity (Wildman–Crippen MR) is 87.1 cm³/mol. The number of nitrogens with zero attached hydrogens (tertiary/aromatic N) is 1. The van der Waals surface area contributed by atoms with Crippen LogP contribution >= 0.6 is 0 Å². The zero-order valence-electron chi connectivity index (χ0n) is 13.0. The van der Waals surface area contributed by atoms with Crippen molar-refractivity contribution >= 4 is 17.6 Å². The van der Waals surface area contributed by atoms with Gasteiger partial charge in [-0.05, 0) is 5.56 Å². The van der Waals surface area contributed by atoms with Crippen molar-refractivity contribution in [3.8, 4) is 0 Å². The molecule has 0 saturated heterocycles. The third-order valence-electron chi connectivity index (χ3n) is 3.49. The van der Waals surface area contributed by atoms with Crippen molar-refractivity contribution in [2.24, 2.45) is 5.73 Å². The van der Waals surface area contributed by atoms with Gasteiger partial charge in [0.1, 0.15) is 12.4 Å². The van der Waals surface area contributed by atoms with Crippen molar-refractivity contribution in [1.82, 2.24) is 5.32 Å². The zero-order chi connectivity index (χ0) is 18.6. The highest BCUT2D eigenvalue weighted by Crippen LogP contribution is 2.36. The van der Waals surface area contributed by atoms with Gasteiger partial charge in [-0.2, -0.15) is 0 Å². The summed E-state index contributed by atoms with van der Waals surface area (Å²) in [6, 6.07) is 5.34. The van der Waals surface area contributed by atoms with Gasteiger partial charge in [-0.3, -0.25) is 10.1 Å². The standard InChI is InChI=1S/C16H15N3O6/c1-2-6-25-16(22)13-12(11(15(20)21)8-18-14(13)17)9-4-3-5-10(7-9)19(23)24/h2-5,7-8,12,18H,1,6,17H2,(H,20,21). The summed E-state index contributed by atoms with van der Waals surface area (Å²) in [6.45, 7) is 3.33. The molecule has 0 amide bonds. The average Bonchev–Trinajstić information content (AvgIpc) is 2.59. The van der Waals surface area contributed by atoms with E-state index in [4.69, 9.17) is 10.5 Å². The molecule has 0 radical (unpaired) electrons. The van der Waals surface area contributed by atoms with E-state index < -0.39 is 22.8 Å². The number of hydrogen-bond donors (Lipinski definition) is 3.